The van der Waals surface area contributed by atoms with Crippen LogP contribution in [0.2, 0.25) is 0 Å². The summed E-state index contributed by atoms with van der Waals surface area (Å²) in [5.74, 6) is 0.544. The Morgan fingerprint density at radius 1 is 1.38 bits per heavy atom. The molecule has 0 spiro atoms. The van der Waals surface area contributed by atoms with Crippen LogP contribution >= 0.6 is 12.2 Å². The molecule has 0 aromatic heterocycles. The van der Waals surface area contributed by atoms with Crippen LogP contribution in [0.4, 0.5) is 0 Å². The highest BCUT2D eigenvalue weighted by Gasteiger charge is 2.20. The fraction of sp³-hybridized carbons (Fsp3) is 0.857. The van der Waals surface area contributed by atoms with Crippen LogP contribution in [0.25, 0.3) is 0 Å². The number of isothiocyanates is 1. The van der Waals surface area contributed by atoms with Crippen molar-refractivity contribution in [3.8, 4) is 0 Å². The summed E-state index contributed by atoms with van der Waals surface area (Å²) in [7, 11) is -2.75. The Morgan fingerprint density at radius 2 is 2.00 bits per heavy atom. The summed E-state index contributed by atoms with van der Waals surface area (Å²) in [6.45, 7) is 2.63. The van der Waals surface area contributed by atoms with Gasteiger partial charge in [0.2, 0.25) is 0 Å². The lowest BCUT2D eigenvalue weighted by Gasteiger charge is -2.25. The molecule has 0 N–H and O–H groups in total. The fourth-order valence-corrected chi connectivity index (χ4v) is 2.58. The second-order valence-electron chi connectivity index (χ2n) is 2.97. The lowest BCUT2D eigenvalue weighted by atomic mass is 10.4. The number of sulfone groups is 1. The predicted octanol–water partition coefficient (Wildman–Crippen LogP) is -0.180. The summed E-state index contributed by atoms with van der Waals surface area (Å²) in [5, 5.41) is 2.29. The number of hydrogen-bond donors (Lipinski definition) is 0. The van der Waals surface area contributed by atoms with Crippen molar-refractivity contribution in [2.24, 2.45) is 4.99 Å². The van der Waals surface area contributed by atoms with Crippen molar-refractivity contribution in [2.75, 3.05) is 37.7 Å². The quantitative estimate of drug-likeness (QED) is 0.489. The van der Waals surface area contributed by atoms with E-state index in [0.717, 1.165) is 6.54 Å². The minimum atomic E-state index is -2.75. The second-order valence-corrected chi connectivity index (χ2v) is 5.45. The third-order valence-corrected chi connectivity index (χ3v) is 3.77. The first-order valence-electron chi connectivity index (χ1n) is 4.10. The highest BCUT2D eigenvalue weighted by Crippen LogP contribution is 2.02. The van der Waals surface area contributed by atoms with E-state index in [0.29, 0.717) is 19.6 Å². The minimum absolute atomic E-state index is 0.272. The molecule has 0 saturated carbocycles. The standard InChI is InChI=1S/C7H12N2O2S2/c10-13(11)5-3-9(4-6-13)2-1-8-7-12/h1-6H2. The molecule has 0 aliphatic carbocycles. The molecule has 6 heteroatoms. The molecular weight excluding hydrogens is 208 g/mol. The van der Waals surface area contributed by atoms with Crippen molar-refractivity contribution in [3.05, 3.63) is 0 Å². The molecule has 1 aliphatic heterocycles. The lowest BCUT2D eigenvalue weighted by molar-refractivity contribution is 0.304. The van der Waals surface area contributed by atoms with E-state index < -0.39 is 9.84 Å². The minimum Gasteiger partial charge on any atom is -0.299 e. The van der Waals surface area contributed by atoms with Crippen molar-refractivity contribution < 1.29 is 8.42 Å². The van der Waals surface area contributed by atoms with Gasteiger partial charge in [0, 0.05) is 19.6 Å². The monoisotopic (exact) mass is 220 g/mol. The largest absolute Gasteiger partial charge is 0.299 e. The number of nitrogens with zero attached hydrogens (tertiary/aromatic N) is 2. The SMILES string of the molecule is O=S1(=O)CCN(CCN=C=S)CC1. The van der Waals surface area contributed by atoms with Gasteiger partial charge in [-0.05, 0) is 12.2 Å². The van der Waals surface area contributed by atoms with Gasteiger partial charge in [0.05, 0.1) is 23.2 Å². The zero-order chi connectivity index (χ0) is 9.73. The van der Waals surface area contributed by atoms with Gasteiger partial charge in [-0.25, -0.2) is 13.4 Å². The molecule has 0 aromatic carbocycles. The molecule has 0 atom stereocenters. The van der Waals surface area contributed by atoms with E-state index in [9.17, 15) is 8.42 Å². The highest BCUT2D eigenvalue weighted by atomic mass is 32.2. The van der Waals surface area contributed by atoms with Gasteiger partial charge >= 0.3 is 0 Å². The Bertz CT molecular complexity index is 292. The summed E-state index contributed by atoms with van der Waals surface area (Å²) >= 11 is 4.42. The molecule has 4 nitrogen and oxygen atoms in total. The van der Waals surface area contributed by atoms with Crippen LogP contribution in [0.1, 0.15) is 0 Å². The number of aliphatic imine (C=N–C) groups is 1. The van der Waals surface area contributed by atoms with E-state index in [2.05, 4.69) is 27.3 Å². The summed E-state index contributed by atoms with van der Waals surface area (Å²) in [5.41, 5.74) is 0. The highest BCUT2D eigenvalue weighted by molar-refractivity contribution is 7.91. The van der Waals surface area contributed by atoms with Crippen molar-refractivity contribution in [1.82, 2.24) is 4.90 Å². The number of rotatable bonds is 3. The first kappa shape index (κ1) is 10.8. The van der Waals surface area contributed by atoms with E-state index in [4.69, 9.17) is 0 Å². The van der Waals surface area contributed by atoms with E-state index >= 15 is 0 Å². The van der Waals surface area contributed by atoms with Crippen LogP contribution in [0.15, 0.2) is 4.99 Å². The van der Waals surface area contributed by atoms with E-state index in [1.54, 1.807) is 0 Å². The Labute approximate surface area is 83.6 Å². The van der Waals surface area contributed by atoms with Gasteiger partial charge in [-0.2, -0.15) is 0 Å². The summed E-state index contributed by atoms with van der Waals surface area (Å²) < 4.78 is 22.1. The molecule has 1 rings (SSSR count). The molecule has 1 heterocycles. The van der Waals surface area contributed by atoms with Gasteiger partial charge < -0.3 is 0 Å². The Balaban J connectivity index is 2.29. The van der Waals surface area contributed by atoms with Crippen molar-refractivity contribution in [2.45, 2.75) is 0 Å². The third-order valence-electron chi connectivity index (χ3n) is 2.03. The van der Waals surface area contributed by atoms with Crippen LogP contribution in [-0.2, 0) is 9.84 Å². The molecule has 1 aliphatic rings. The smallest absolute Gasteiger partial charge is 0.152 e. The summed E-state index contributed by atoms with van der Waals surface area (Å²) in [6.07, 6.45) is 0. The maximum Gasteiger partial charge on any atom is 0.152 e. The summed E-state index contributed by atoms with van der Waals surface area (Å²) in [6, 6.07) is 0. The molecule has 0 radical (unpaired) electrons. The number of thiocarbonyl (C=S) groups is 1. The van der Waals surface area contributed by atoms with Gasteiger partial charge in [-0.15, -0.1) is 0 Å². The van der Waals surface area contributed by atoms with Gasteiger partial charge in [0.1, 0.15) is 0 Å². The second kappa shape index (κ2) is 4.81. The average Bonchev–Trinajstić information content (AvgIpc) is 2.08. The number of hydrogen-bond acceptors (Lipinski definition) is 5. The Hall–Kier alpha value is -0.290. The van der Waals surface area contributed by atoms with Crippen LogP contribution in [0.3, 0.4) is 0 Å². The normalized spacial score (nSPS) is 22.2. The van der Waals surface area contributed by atoms with E-state index in [1.165, 1.54) is 0 Å². The van der Waals surface area contributed by atoms with E-state index in [-0.39, 0.29) is 11.5 Å². The lowest BCUT2D eigenvalue weighted by Crippen LogP contribution is -2.41. The first-order valence-corrected chi connectivity index (χ1v) is 6.33. The maximum atomic E-state index is 11.0. The molecular formula is C7H12N2O2S2. The zero-order valence-corrected chi connectivity index (χ0v) is 8.90. The third kappa shape index (κ3) is 3.95. The van der Waals surface area contributed by atoms with Gasteiger partial charge in [0.25, 0.3) is 0 Å². The van der Waals surface area contributed by atoms with Crippen LogP contribution in [-0.4, -0.2) is 56.2 Å². The molecule has 74 valence electrons. The van der Waals surface area contributed by atoms with Gasteiger partial charge in [-0.3, -0.25) is 4.90 Å². The van der Waals surface area contributed by atoms with Crippen molar-refractivity contribution in [3.63, 3.8) is 0 Å². The van der Waals surface area contributed by atoms with Crippen molar-refractivity contribution >= 4 is 27.2 Å². The molecule has 0 unspecified atom stereocenters. The fourth-order valence-electron chi connectivity index (χ4n) is 1.21. The topological polar surface area (TPSA) is 49.7 Å². The summed E-state index contributed by atoms with van der Waals surface area (Å²) in [4.78, 5) is 5.86. The van der Waals surface area contributed by atoms with Gasteiger partial charge in [-0.1, -0.05) is 0 Å². The molecule has 1 fully saturated rings. The van der Waals surface area contributed by atoms with E-state index in [1.807, 2.05) is 0 Å². The molecule has 0 aromatic rings. The molecule has 0 bridgehead atoms. The maximum absolute atomic E-state index is 11.0. The Kier molecular flexibility index (Phi) is 3.99. The van der Waals surface area contributed by atoms with Crippen LogP contribution in [0, 0.1) is 0 Å². The van der Waals surface area contributed by atoms with Gasteiger partial charge in [0.15, 0.2) is 9.84 Å². The molecule has 0 amide bonds. The van der Waals surface area contributed by atoms with Crippen LogP contribution in [0.5, 0.6) is 0 Å². The Morgan fingerprint density at radius 3 is 2.54 bits per heavy atom. The average molecular weight is 220 g/mol. The van der Waals surface area contributed by atoms with Crippen molar-refractivity contribution in [1.29, 1.82) is 0 Å². The molecule has 13 heavy (non-hydrogen) atoms. The zero-order valence-electron chi connectivity index (χ0n) is 7.27. The van der Waals surface area contributed by atoms with Crippen LogP contribution < -0.4 is 0 Å². The first-order chi connectivity index (χ1) is 6.14. The predicted molar refractivity (Wildman–Crippen MR) is 55.0 cm³/mol. The molecule has 1 saturated heterocycles.